The van der Waals surface area contributed by atoms with Crippen LogP contribution in [0.1, 0.15) is 20.8 Å². The van der Waals surface area contributed by atoms with Crippen LogP contribution >= 0.6 is 11.8 Å². The highest BCUT2D eigenvalue weighted by Crippen LogP contribution is 2.13. The molecule has 2 N–H and O–H groups in total. The fraction of sp³-hybridized carbons (Fsp3) is 0.846. The summed E-state index contributed by atoms with van der Waals surface area (Å²) in [6.45, 7) is 8.36. The van der Waals surface area contributed by atoms with E-state index in [-0.39, 0.29) is 23.5 Å². The van der Waals surface area contributed by atoms with Gasteiger partial charge in [-0.05, 0) is 20.8 Å². The standard InChI is InChI=1S/C13H24N4O2S/c1-13(2,3)15-12(19)17-6-4-16(5-7-17)11(18)10-8-20-9-14-10/h10,14H,4-9H2,1-3H3,(H,15,19). The van der Waals surface area contributed by atoms with Crippen molar-refractivity contribution in [3.8, 4) is 0 Å². The van der Waals surface area contributed by atoms with E-state index in [4.69, 9.17) is 0 Å². The van der Waals surface area contributed by atoms with Crippen molar-refractivity contribution in [2.24, 2.45) is 0 Å². The molecule has 0 aliphatic carbocycles. The normalized spacial score (nSPS) is 23.9. The molecule has 0 aromatic rings. The fourth-order valence-electron chi connectivity index (χ4n) is 2.30. The number of nitrogens with one attached hydrogen (secondary N) is 2. The van der Waals surface area contributed by atoms with Gasteiger partial charge in [-0.2, -0.15) is 0 Å². The molecule has 6 nitrogen and oxygen atoms in total. The number of thioether (sulfide) groups is 1. The maximum atomic E-state index is 12.2. The Kier molecular flexibility index (Phi) is 4.80. The van der Waals surface area contributed by atoms with E-state index in [1.54, 1.807) is 16.7 Å². The largest absolute Gasteiger partial charge is 0.338 e. The molecular weight excluding hydrogens is 276 g/mol. The molecule has 1 unspecified atom stereocenters. The quantitative estimate of drug-likeness (QED) is 0.731. The van der Waals surface area contributed by atoms with Crippen molar-refractivity contribution in [1.29, 1.82) is 0 Å². The smallest absolute Gasteiger partial charge is 0.317 e. The maximum absolute atomic E-state index is 12.2. The van der Waals surface area contributed by atoms with Gasteiger partial charge in [0.2, 0.25) is 5.91 Å². The summed E-state index contributed by atoms with van der Waals surface area (Å²) in [5, 5.41) is 6.15. The Balaban J connectivity index is 1.80. The van der Waals surface area contributed by atoms with Gasteiger partial charge in [-0.3, -0.25) is 10.1 Å². The molecule has 0 aromatic carbocycles. The Labute approximate surface area is 124 Å². The second-order valence-electron chi connectivity index (χ2n) is 6.26. The molecule has 114 valence electrons. The van der Waals surface area contributed by atoms with Gasteiger partial charge in [0, 0.05) is 43.3 Å². The molecule has 2 saturated heterocycles. The van der Waals surface area contributed by atoms with Gasteiger partial charge in [-0.1, -0.05) is 0 Å². The Morgan fingerprint density at radius 1 is 1.15 bits per heavy atom. The Morgan fingerprint density at radius 2 is 1.75 bits per heavy atom. The summed E-state index contributed by atoms with van der Waals surface area (Å²) >= 11 is 1.75. The molecule has 2 rings (SSSR count). The first-order chi connectivity index (χ1) is 9.37. The third-order valence-electron chi connectivity index (χ3n) is 3.37. The first-order valence-electron chi connectivity index (χ1n) is 7.04. The number of piperazine rings is 1. The number of amides is 3. The van der Waals surface area contributed by atoms with Gasteiger partial charge in [0.25, 0.3) is 0 Å². The van der Waals surface area contributed by atoms with Gasteiger partial charge >= 0.3 is 6.03 Å². The zero-order valence-corrected chi connectivity index (χ0v) is 13.3. The minimum atomic E-state index is -0.227. The van der Waals surface area contributed by atoms with Crippen molar-refractivity contribution in [2.45, 2.75) is 32.4 Å². The molecule has 0 radical (unpaired) electrons. The van der Waals surface area contributed by atoms with Crippen molar-refractivity contribution in [1.82, 2.24) is 20.4 Å². The lowest BCUT2D eigenvalue weighted by atomic mass is 10.1. The van der Waals surface area contributed by atoms with Gasteiger partial charge in [0.15, 0.2) is 0 Å². The topological polar surface area (TPSA) is 64.7 Å². The number of carbonyl (C=O) groups excluding carboxylic acids is 2. The summed E-state index contributed by atoms with van der Waals surface area (Å²) < 4.78 is 0. The fourth-order valence-corrected chi connectivity index (χ4v) is 3.24. The number of rotatable bonds is 1. The van der Waals surface area contributed by atoms with Crippen LogP contribution in [0.15, 0.2) is 0 Å². The van der Waals surface area contributed by atoms with Crippen LogP contribution in [-0.4, -0.2) is 71.1 Å². The summed E-state index contributed by atoms with van der Waals surface area (Å²) in [5.74, 6) is 1.87. The van der Waals surface area contributed by atoms with E-state index in [0.717, 1.165) is 11.6 Å². The molecule has 7 heteroatoms. The molecule has 2 fully saturated rings. The summed E-state index contributed by atoms with van der Waals surface area (Å²) in [6.07, 6.45) is 0. The summed E-state index contributed by atoms with van der Waals surface area (Å²) in [4.78, 5) is 27.9. The maximum Gasteiger partial charge on any atom is 0.317 e. The van der Waals surface area contributed by atoms with Crippen molar-refractivity contribution in [3.63, 3.8) is 0 Å². The number of urea groups is 1. The lowest BCUT2D eigenvalue weighted by Gasteiger charge is -2.37. The van der Waals surface area contributed by atoms with Crippen LogP contribution in [0.3, 0.4) is 0 Å². The van der Waals surface area contributed by atoms with E-state index >= 15 is 0 Å². The average Bonchev–Trinajstić information content (AvgIpc) is 2.90. The second-order valence-corrected chi connectivity index (χ2v) is 7.29. The minimum Gasteiger partial charge on any atom is -0.338 e. The Bertz CT molecular complexity index is 369. The van der Waals surface area contributed by atoms with Crippen LogP contribution in [0.5, 0.6) is 0 Å². The lowest BCUT2D eigenvalue weighted by Crippen LogP contribution is -2.58. The highest BCUT2D eigenvalue weighted by atomic mass is 32.2. The highest BCUT2D eigenvalue weighted by Gasteiger charge is 2.31. The third-order valence-corrected chi connectivity index (χ3v) is 4.31. The Morgan fingerprint density at radius 3 is 2.25 bits per heavy atom. The van der Waals surface area contributed by atoms with E-state index < -0.39 is 0 Å². The first kappa shape index (κ1) is 15.4. The minimum absolute atomic E-state index is 0.0425. The SMILES string of the molecule is CC(C)(C)NC(=O)N1CCN(C(=O)C2CSCN2)CC1. The van der Waals surface area contributed by atoms with Crippen molar-refractivity contribution in [2.75, 3.05) is 37.8 Å². The van der Waals surface area contributed by atoms with Crippen molar-refractivity contribution in [3.05, 3.63) is 0 Å². The molecule has 2 heterocycles. The molecule has 2 aliphatic rings. The van der Waals surface area contributed by atoms with Crippen molar-refractivity contribution >= 4 is 23.7 Å². The van der Waals surface area contributed by atoms with Crippen LogP contribution in [-0.2, 0) is 4.79 Å². The molecule has 0 saturated carbocycles. The van der Waals surface area contributed by atoms with E-state index in [1.807, 2.05) is 25.7 Å². The monoisotopic (exact) mass is 300 g/mol. The number of hydrogen-bond acceptors (Lipinski definition) is 4. The summed E-state index contributed by atoms with van der Waals surface area (Å²) in [5.41, 5.74) is -0.227. The predicted molar refractivity (Wildman–Crippen MR) is 80.7 cm³/mol. The average molecular weight is 300 g/mol. The van der Waals surface area contributed by atoms with Gasteiger partial charge in [0.1, 0.15) is 0 Å². The van der Waals surface area contributed by atoms with Gasteiger partial charge in [-0.15, -0.1) is 11.8 Å². The lowest BCUT2D eigenvalue weighted by molar-refractivity contribution is -0.134. The van der Waals surface area contributed by atoms with E-state index in [1.165, 1.54) is 0 Å². The number of nitrogens with zero attached hydrogens (tertiary/aromatic N) is 2. The van der Waals surface area contributed by atoms with Gasteiger partial charge in [0.05, 0.1) is 6.04 Å². The van der Waals surface area contributed by atoms with Crippen LogP contribution < -0.4 is 10.6 Å². The molecule has 0 spiro atoms. The predicted octanol–water partition coefficient (Wildman–Crippen LogP) is 0.301. The van der Waals surface area contributed by atoms with Gasteiger partial charge in [-0.25, -0.2) is 4.79 Å². The van der Waals surface area contributed by atoms with Crippen molar-refractivity contribution < 1.29 is 9.59 Å². The zero-order valence-electron chi connectivity index (χ0n) is 12.4. The van der Waals surface area contributed by atoms with Crippen LogP contribution in [0.2, 0.25) is 0 Å². The molecular formula is C13H24N4O2S. The molecule has 0 bridgehead atoms. The molecule has 2 aliphatic heterocycles. The summed E-state index contributed by atoms with van der Waals surface area (Å²) in [6, 6.07) is -0.0888. The van der Waals surface area contributed by atoms with E-state index in [0.29, 0.717) is 26.2 Å². The van der Waals surface area contributed by atoms with Crippen LogP contribution in [0.4, 0.5) is 4.79 Å². The molecule has 1 atom stereocenters. The number of carbonyl (C=O) groups is 2. The molecule has 20 heavy (non-hydrogen) atoms. The highest BCUT2D eigenvalue weighted by molar-refractivity contribution is 7.99. The first-order valence-corrected chi connectivity index (χ1v) is 8.19. The Hall–Kier alpha value is -0.950. The molecule has 3 amide bonds. The second kappa shape index (κ2) is 6.22. The van der Waals surface area contributed by atoms with Crippen LogP contribution in [0.25, 0.3) is 0 Å². The van der Waals surface area contributed by atoms with Crippen LogP contribution in [0, 0.1) is 0 Å². The summed E-state index contributed by atoms with van der Waals surface area (Å²) in [7, 11) is 0. The van der Waals surface area contributed by atoms with Gasteiger partial charge < -0.3 is 15.1 Å². The zero-order chi connectivity index (χ0) is 14.8. The molecule has 0 aromatic heterocycles. The number of hydrogen-bond donors (Lipinski definition) is 2. The van der Waals surface area contributed by atoms with E-state index in [2.05, 4.69) is 10.6 Å². The third kappa shape index (κ3) is 4.02. The van der Waals surface area contributed by atoms with E-state index in [9.17, 15) is 9.59 Å².